The molecular formula is C14H20FNO. The van der Waals surface area contributed by atoms with Crippen LogP contribution in [0.4, 0.5) is 4.39 Å². The summed E-state index contributed by atoms with van der Waals surface area (Å²) in [5, 5.41) is 9.47. The van der Waals surface area contributed by atoms with Crippen molar-refractivity contribution in [3.05, 3.63) is 35.1 Å². The highest BCUT2D eigenvalue weighted by molar-refractivity contribution is 5.26. The van der Waals surface area contributed by atoms with Crippen molar-refractivity contribution in [3.63, 3.8) is 0 Å². The normalized spacial score (nSPS) is 26.8. The maximum atomic E-state index is 13.2. The standard InChI is InChI=1S/C14H20FNO/c1-9-8-11(4-7-13(9)15)14(16)10-2-5-12(17)6-3-10/h4,7-8,10,12,14,17H,2-3,5-6,16H2,1H3. The van der Waals surface area contributed by atoms with Crippen molar-refractivity contribution in [2.24, 2.45) is 11.7 Å². The van der Waals surface area contributed by atoms with Gasteiger partial charge in [0.05, 0.1) is 6.10 Å². The van der Waals surface area contributed by atoms with Crippen LogP contribution < -0.4 is 5.73 Å². The van der Waals surface area contributed by atoms with Gasteiger partial charge in [-0.15, -0.1) is 0 Å². The van der Waals surface area contributed by atoms with E-state index in [1.54, 1.807) is 13.0 Å². The van der Waals surface area contributed by atoms with E-state index in [2.05, 4.69) is 0 Å². The maximum Gasteiger partial charge on any atom is 0.126 e. The van der Waals surface area contributed by atoms with Crippen LogP contribution >= 0.6 is 0 Å². The first kappa shape index (κ1) is 12.5. The second-order valence-electron chi connectivity index (χ2n) is 5.10. The fourth-order valence-corrected chi connectivity index (χ4v) is 2.61. The molecule has 0 bridgehead atoms. The van der Waals surface area contributed by atoms with Crippen molar-refractivity contribution < 1.29 is 9.50 Å². The van der Waals surface area contributed by atoms with Gasteiger partial charge in [0.25, 0.3) is 0 Å². The molecule has 3 N–H and O–H groups in total. The molecular weight excluding hydrogens is 217 g/mol. The molecule has 94 valence electrons. The number of rotatable bonds is 2. The van der Waals surface area contributed by atoms with Gasteiger partial charge in [-0.25, -0.2) is 4.39 Å². The number of hydrogen-bond acceptors (Lipinski definition) is 2. The van der Waals surface area contributed by atoms with Gasteiger partial charge in [0.15, 0.2) is 0 Å². The number of benzene rings is 1. The van der Waals surface area contributed by atoms with E-state index >= 15 is 0 Å². The summed E-state index contributed by atoms with van der Waals surface area (Å²) < 4.78 is 13.2. The minimum Gasteiger partial charge on any atom is -0.393 e. The summed E-state index contributed by atoms with van der Waals surface area (Å²) in [6, 6.07) is 5.06. The molecule has 1 aromatic carbocycles. The van der Waals surface area contributed by atoms with Gasteiger partial charge in [-0.2, -0.15) is 0 Å². The molecule has 17 heavy (non-hydrogen) atoms. The Kier molecular flexibility index (Phi) is 3.79. The molecule has 1 aliphatic carbocycles. The Bertz CT molecular complexity index is 386. The van der Waals surface area contributed by atoms with Crippen LogP contribution in [0.3, 0.4) is 0 Å². The predicted molar refractivity (Wildman–Crippen MR) is 66.0 cm³/mol. The largest absolute Gasteiger partial charge is 0.393 e. The molecule has 1 fully saturated rings. The second kappa shape index (κ2) is 5.15. The minimum absolute atomic E-state index is 0.0400. The van der Waals surface area contributed by atoms with E-state index in [4.69, 9.17) is 5.73 Å². The second-order valence-corrected chi connectivity index (χ2v) is 5.10. The Morgan fingerprint density at radius 1 is 1.29 bits per heavy atom. The first-order valence-electron chi connectivity index (χ1n) is 6.27. The quantitative estimate of drug-likeness (QED) is 0.830. The molecule has 1 saturated carbocycles. The smallest absolute Gasteiger partial charge is 0.126 e. The SMILES string of the molecule is Cc1cc(C(N)C2CCC(O)CC2)ccc1F. The van der Waals surface area contributed by atoms with E-state index in [0.717, 1.165) is 31.2 Å². The summed E-state index contributed by atoms with van der Waals surface area (Å²) in [6.07, 6.45) is 3.42. The van der Waals surface area contributed by atoms with Gasteiger partial charge in [0, 0.05) is 6.04 Å². The topological polar surface area (TPSA) is 46.2 Å². The van der Waals surface area contributed by atoms with Gasteiger partial charge in [0.1, 0.15) is 5.82 Å². The number of aryl methyl sites for hydroxylation is 1. The molecule has 0 aliphatic heterocycles. The van der Waals surface area contributed by atoms with Gasteiger partial charge >= 0.3 is 0 Å². The molecule has 1 aliphatic rings. The number of hydrogen-bond donors (Lipinski definition) is 2. The van der Waals surface area contributed by atoms with Crippen LogP contribution in [0, 0.1) is 18.7 Å². The zero-order valence-corrected chi connectivity index (χ0v) is 10.2. The Hall–Kier alpha value is -0.930. The third-order valence-electron chi connectivity index (χ3n) is 3.82. The van der Waals surface area contributed by atoms with E-state index in [0.29, 0.717) is 11.5 Å². The minimum atomic E-state index is -0.181. The average molecular weight is 237 g/mol. The molecule has 0 saturated heterocycles. The van der Waals surface area contributed by atoms with Gasteiger partial charge in [-0.3, -0.25) is 0 Å². The van der Waals surface area contributed by atoms with Gasteiger partial charge in [-0.1, -0.05) is 12.1 Å². The predicted octanol–water partition coefficient (Wildman–Crippen LogP) is 2.69. The summed E-state index contributed by atoms with van der Waals surface area (Å²) >= 11 is 0. The highest BCUT2D eigenvalue weighted by atomic mass is 19.1. The van der Waals surface area contributed by atoms with E-state index in [9.17, 15) is 9.50 Å². The lowest BCUT2D eigenvalue weighted by molar-refractivity contribution is 0.102. The van der Waals surface area contributed by atoms with Crippen LogP contribution in [0.15, 0.2) is 18.2 Å². The highest BCUT2D eigenvalue weighted by Gasteiger charge is 2.25. The van der Waals surface area contributed by atoms with Crippen LogP contribution in [0.1, 0.15) is 42.9 Å². The molecule has 1 aromatic rings. The monoisotopic (exact) mass is 237 g/mol. The van der Waals surface area contributed by atoms with Crippen LogP contribution in [0.25, 0.3) is 0 Å². The third kappa shape index (κ3) is 2.85. The summed E-state index contributed by atoms with van der Waals surface area (Å²) in [7, 11) is 0. The molecule has 0 radical (unpaired) electrons. The van der Waals surface area contributed by atoms with Crippen LogP contribution in [-0.4, -0.2) is 11.2 Å². The van der Waals surface area contributed by atoms with Crippen molar-refractivity contribution in [1.82, 2.24) is 0 Å². The average Bonchev–Trinajstić information content (AvgIpc) is 2.33. The van der Waals surface area contributed by atoms with Crippen molar-refractivity contribution >= 4 is 0 Å². The molecule has 0 amide bonds. The Labute approximate surface area is 102 Å². The van der Waals surface area contributed by atoms with E-state index < -0.39 is 0 Å². The van der Waals surface area contributed by atoms with Crippen molar-refractivity contribution in [1.29, 1.82) is 0 Å². The zero-order chi connectivity index (χ0) is 12.4. The molecule has 1 unspecified atom stereocenters. The Balaban J connectivity index is 2.08. The Morgan fingerprint density at radius 3 is 2.53 bits per heavy atom. The fraction of sp³-hybridized carbons (Fsp3) is 0.571. The summed E-state index contributed by atoms with van der Waals surface area (Å²) in [5.74, 6) is 0.225. The third-order valence-corrected chi connectivity index (χ3v) is 3.82. The molecule has 1 atom stereocenters. The van der Waals surface area contributed by atoms with E-state index in [1.165, 1.54) is 6.07 Å². The van der Waals surface area contributed by atoms with Crippen molar-refractivity contribution in [3.8, 4) is 0 Å². The van der Waals surface area contributed by atoms with Crippen LogP contribution in [-0.2, 0) is 0 Å². The lowest BCUT2D eigenvalue weighted by Gasteiger charge is -2.30. The molecule has 0 heterocycles. The molecule has 2 nitrogen and oxygen atoms in total. The zero-order valence-electron chi connectivity index (χ0n) is 10.2. The number of halogens is 1. The summed E-state index contributed by atoms with van der Waals surface area (Å²) in [6.45, 7) is 1.76. The molecule has 0 spiro atoms. The fourth-order valence-electron chi connectivity index (χ4n) is 2.61. The lowest BCUT2D eigenvalue weighted by Crippen LogP contribution is -2.27. The highest BCUT2D eigenvalue weighted by Crippen LogP contribution is 2.33. The van der Waals surface area contributed by atoms with Gasteiger partial charge in [0.2, 0.25) is 0 Å². The summed E-state index contributed by atoms with van der Waals surface area (Å²) in [4.78, 5) is 0. The lowest BCUT2D eigenvalue weighted by atomic mass is 9.80. The van der Waals surface area contributed by atoms with Crippen LogP contribution in [0.5, 0.6) is 0 Å². The number of aliphatic hydroxyl groups excluding tert-OH is 1. The van der Waals surface area contributed by atoms with E-state index in [-0.39, 0.29) is 18.0 Å². The van der Waals surface area contributed by atoms with Gasteiger partial charge < -0.3 is 10.8 Å². The first-order chi connectivity index (χ1) is 8.08. The molecule has 3 heteroatoms. The number of nitrogens with two attached hydrogens (primary N) is 1. The van der Waals surface area contributed by atoms with Crippen molar-refractivity contribution in [2.75, 3.05) is 0 Å². The molecule has 0 aromatic heterocycles. The van der Waals surface area contributed by atoms with Crippen molar-refractivity contribution in [2.45, 2.75) is 44.8 Å². The first-order valence-corrected chi connectivity index (χ1v) is 6.27. The summed E-state index contributed by atoms with van der Waals surface area (Å²) in [5.41, 5.74) is 7.88. The molecule has 2 rings (SSSR count). The van der Waals surface area contributed by atoms with E-state index in [1.807, 2.05) is 6.07 Å². The van der Waals surface area contributed by atoms with Crippen LogP contribution in [0.2, 0.25) is 0 Å². The van der Waals surface area contributed by atoms with Gasteiger partial charge in [-0.05, 0) is 55.7 Å². The number of aliphatic hydroxyl groups is 1. The Morgan fingerprint density at radius 2 is 1.94 bits per heavy atom. The maximum absolute atomic E-state index is 13.2.